The van der Waals surface area contributed by atoms with Crippen LogP contribution in [-0.2, 0) is 4.74 Å². The van der Waals surface area contributed by atoms with Crippen molar-refractivity contribution in [1.29, 1.82) is 0 Å². The predicted molar refractivity (Wildman–Crippen MR) is 73.3 cm³/mol. The van der Waals surface area contributed by atoms with Crippen LogP contribution < -0.4 is 0 Å². The Bertz CT molecular complexity index is 127. The lowest BCUT2D eigenvalue weighted by molar-refractivity contribution is 0.0262. The molecule has 2 nitrogen and oxygen atoms in total. The SMILES string of the molecule is CCCCCCCCCCOC(CO)CS. The van der Waals surface area contributed by atoms with Crippen molar-refractivity contribution in [3.05, 3.63) is 0 Å². The molecule has 1 N–H and O–H groups in total. The summed E-state index contributed by atoms with van der Waals surface area (Å²) in [6.45, 7) is 3.09. The zero-order chi connectivity index (χ0) is 12.1. The van der Waals surface area contributed by atoms with Crippen molar-refractivity contribution in [3.8, 4) is 0 Å². The highest BCUT2D eigenvalue weighted by Crippen LogP contribution is 2.08. The third-order valence-corrected chi connectivity index (χ3v) is 3.17. The van der Waals surface area contributed by atoms with E-state index in [0.29, 0.717) is 5.75 Å². The quantitative estimate of drug-likeness (QED) is 0.409. The number of hydrogen-bond acceptors (Lipinski definition) is 3. The minimum atomic E-state index is -0.0760. The molecule has 0 bridgehead atoms. The van der Waals surface area contributed by atoms with Crippen LogP contribution in [0.3, 0.4) is 0 Å². The number of aliphatic hydroxyl groups is 1. The van der Waals surface area contributed by atoms with E-state index < -0.39 is 0 Å². The highest BCUT2D eigenvalue weighted by Gasteiger charge is 2.03. The summed E-state index contributed by atoms with van der Waals surface area (Å²) in [4.78, 5) is 0. The fraction of sp³-hybridized carbons (Fsp3) is 1.00. The molecule has 98 valence electrons. The molecule has 0 aromatic heterocycles. The van der Waals surface area contributed by atoms with E-state index in [2.05, 4.69) is 19.6 Å². The van der Waals surface area contributed by atoms with E-state index in [1.165, 1.54) is 44.9 Å². The van der Waals surface area contributed by atoms with Crippen LogP contribution in [0.5, 0.6) is 0 Å². The van der Waals surface area contributed by atoms with Crippen LogP contribution in [0, 0.1) is 0 Å². The summed E-state index contributed by atoms with van der Waals surface area (Å²) in [5, 5.41) is 8.88. The molecule has 0 radical (unpaired) electrons. The molecular weight excluding hydrogens is 220 g/mol. The van der Waals surface area contributed by atoms with Crippen LogP contribution in [0.4, 0.5) is 0 Å². The first kappa shape index (κ1) is 16.3. The van der Waals surface area contributed by atoms with Gasteiger partial charge in [-0.2, -0.15) is 12.6 Å². The van der Waals surface area contributed by atoms with Gasteiger partial charge in [0.05, 0.1) is 12.7 Å². The number of hydrogen-bond donors (Lipinski definition) is 2. The fourth-order valence-electron chi connectivity index (χ4n) is 1.65. The third-order valence-electron chi connectivity index (χ3n) is 2.76. The minimum Gasteiger partial charge on any atom is -0.394 e. The van der Waals surface area contributed by atoms with Crippen molar-refractivity contribution in [1.82, 2.24) is 0 Å². The molecule has 1 unspecified atom stereocenters. The largest absolute Gasteiger partial charge is 0.394 e. The Kier molecular flexibility index (Phi) is 13.6. The van der Waals surface area contributed by atoms with Crippen LogP contribution in [0.15, 0.2) is 0 Å². The number of unbranched alkanes of at least 4 members (excludes halogenated alkanes) is 7. The Balaban J connectivity index is 3.03. The summed E-state index contributed by atoms with van der Waals surface area (Å²) < 4.78 is 5.46. The first-order valence-electron chi connectivity index (χ1n) is 6.68. The molecule has 0 aromatic rings. The van der Waals surface area contributed by atoms with Crippen LogP contribution >= 0.6 is 12.6 Å². The van der Waals surface area contributed by atoms with Crippen molar-refractivity contribution >= 4 is 12.6 Å². The molecule has 0 aliphatic heterocycles. The third kappa shape index (κ3) is 10.8. The van der Waals surface area contributed by atoms with Gasteiger partial charge in [-0.1, -0.05) is 51.9 Å². The summed E-state index contributed by atoms with van der Waals surface area (Å²) in [5.41, 5.74) is 0. The smallest absolute Gasteiger partial charge is 0.0893 e. The molecule has 0 saturated carbocycles. The van der Waals surface area contributed by atoms with Crippen LogP contribution in [0.25, 0.3) is 0 Å². The van der Waals surface area contributed by atoms with E-state index in [1.807, 2.05) is 0 Å². The number of thiol groups is 1. The molecule has 0 aliphatic rings. The number of aliphatic hydroxyl groups excluding tert-OH is 1. The molecule has 16 heavy (non-hydrogen) atoms. The molecule has 0 rings (SSSR count). The summed E-state index contributed by atoms with van der Waals surface area (Å²) in [5.74, 6) is 0.605. The van der Waals surface area contributed by atoms with Crippen LogP contribution in [0.1, 0.15) is 58.3 Å². The van der Waals surface area contributed by atoms with Crippen molar-refractivity contribution in [2.45, 2.75) is 64.4 Å². The Morgan fingerprint density at radius 3 is 2.06 bits per heavy atom. The fourth-order valence-corrected chi connectivity index (χ4v) is 1.87. The Morgan fingerprint density at radius 2 is 1.56 bits per heavy atom. The normalized spacial score (nSPS) is 12.9. The van der Waals surface area contributed by atoms with Gasteiger partial charge in [0, 0.05) is 12.4 Å². The van der Waals surface area contributed by atoms with Crippen LogP contribution in [-0.4, -0.2) is 30.2 Å². The van der Waals surface area contributed by atoms with E-state index in [4.69, 9.17) is 9.84 Å². The van der Waals surface area contributed by atoms with Gasteiger partial charge in [-0.05, 0) is 6.42 Å². The highest BCUT2D eigenvalue weighted by atomic mass is 32.1. The van der Waals surface area contributed by atoms with Crippen molar-refractivity contribution in [2.24, 2.45) is 0 Å². The second kappa shape index (κ2) is 13.3. The van der Waals surface area contributed by atoms with Gasteiger partial charge >= 0.3 is 0 Å². The number of rotatable bonds is 12. The van der Waals surface area contributed by atoms with Gasteiger partial charge in [-0.25, -0.2) is 0 Å². The van der Waals surface area contributed by atoms with Crippen molar-refractivity contribution in [2.75, 3.05) is 19.0 Å². The maximum atomic E-state index is 8.88. The zero-order valence-electron chi connectivity index (χ0n) is 10.7. The topological polar surface area (TPSA) is 29.5 Å². The van der Waals surface area contributed by atoms with Gasteiger partial charge in [-0.15, -0.1) is 0 Å². The summed E-state index contributed by atoms with van der Waals surface area (Å²) in [6.07, 6.45) is 10.4. The lowest BCUT2D eigenvalue weighted by Gasteiger charge is -2.12. The van der Waals surface area contributed by atoms with Gasteiger partial charge < -0.3 is 9.84 Å². The van der Waals surface area contributed by atoms with Gasteiger partial charge in [0.15, 0.2) is 0 Å². The molecule has 0 saturated heterocycles. The first-order chi connectivity index (χ1) is 7.85. The second-order valence-electron chi connectivity index (χ2n) is 4.33. The molecule has 0 fully saturated rings. The standard InChI is InChI=1S/C13H28O2S/c1-2-3-4-5-6-7-8-9-10-15-13(11-14)12-16/h13-14,16H,2-12H2,1H3. The van der Waals surface area contributed by atoms with E-state index in [9.17, 15) is 0 Å². The van der Waals surface area contributed by atoms with E-state index >= 15 is 0 Å². The van der Waals surface area contributed by atoms with E-state index in [0.717, 1.165) is 13.0 Å². The van der Waals surface area contributed by atoms with Crippen molar-refractivity contribution < 1.29 is 9.84 Å². The first-order valence-corrected chi connectivity index (χ1v) is 7.31. The molecule has 0 amide bonds. The Morgan fingerprint density at radius 1 is 1.00 bits per heavy atom. The summed E-state index contributed by atoms with van der Waals surface area (Å²) >= 11 is 4.10. The highest BCUT2D eigenvalue weighted by molar-refractivity contribution is 7.80. The number of ether oxygens (including phenoxy) is 1. The molecule has 3 heteroatoms. The Hall–Kier alpha value is 0.270. The molecule has 0 heterocycles. The second-order valence-corrected chi connectivity index (χ2v) is 4.70. The molecule has 0 aromatic carbocycles. The van der Waals surface area contributed by atoms with Crippen LogP contribution in [0.2, 0.25) is 0 Å². The predicted octanol–water partition coefficient (Wildman–Crippen LogP) is 3.43. The summed E-state index contributed by atoms with van der Waals surface area (Å²) in [6, 6.07) is 0. The molecule has 0 aliphatic carbocycles. The van der Waals surface area contributed by atoms with Gasteiger partial charge in [0.25, 0.3) is 0 Å². The van der Waals surface area contributed by atoms with Gasteiger partial charge in [0.1, 0.15) is 0 Å². The van der Waals surface area contributed by atoms with Crippen molar-refractivity contribution in [3.63, 3.8) is 0 Å². The minimum absolute atomic E-state index is 0.0760. The average molecular weight is 248 g/mol. The lowest BCUT2D eigenvalue weighted by atomic mass is 10.1. The van der Waals surface area contributed by atoms with E-state index in [1.54, 1.807) is 0 Å². The maximum Gasteiger partial charge on any atom is 0.0893 e. The monoisotopic (exact) mass is 248 g/mol. The van der Waals surface area contributed by atoms with Gasteiger partial charge in [-0.3, -0.25) is 0 Å². The average Bonchev–Trinajstić information content (AvgIpc) is 2.32. The molecule has 1 atom stereocenters. The Labute approximate surface area is 106 Å². The maximum absolute atomic E-state index is 8.88. The zero-order valence-corrected chi connectivity index (χ0v) is 11.6. The lowest BCUT2D eigenvalue weighted by Crippen LogP contribution is -2.19. The molecular formula is C13H28O2S. The van der Waals surface area contributed by atoms with E-state index in [-0.39, 0.29) is 12.7 Å². The summed E-state index contributed by atoms with van der Waals surface area (Å²) in [7, 11) is 0. The van der Waals surface area contributed by atoms with Gasteiger partial charge in [0.2, 0.25) is 0 Å². The molecule has 0 spiro atoms.